The number of benzene rings is 1. The fourth-order valence-electron chi connectivity index (χ4n) is 2.12. The molecule has 0 spiro atoms. The van der Waals surface area contributed by atoms with Crippen LogP contribution in [0.15, 0.2) is 35.5 Å². The van der Waals surface area contributed by atoms with E-state index in [-0.39, 0.29) is 12.1 Å². The van der Waals surface area contributed by atoms with Crippen LogP contribution in [0.2, 0.25) is 0 Å². The van der Waals surface area contributed by atoms with Gasteiger partial charge >= 0.3 is 16.4 Å². The van der Waals surface area contributed by atoms with Gasteiger partial charge in [0, 0.05) is 18.6 Å². The molecule has 1 aromatic heterocycles. The Hall–Kier alpha value is -3.01. The Morgan fingerprint density at radius 1 is 1.13 bits per heavy atom. The third-order valence-electron chi connectivity index (χ3n) is 3.45. The number of hydrazine groups is 1. The minimum absolute atomic E-state index is 0.135. The standard InChI is InChI=1S/C14H11F8N5O2S/c1-7(28)11(5-12(29)25-23)27-6-24-13(26-27)8-2-9(14(15,16)17)4-10(3-8)30(18,19,20,21)22/h2-6H,23H2,1H3,(H,25,29)/b11-5-. The van der Waals surface area contributed by atoms with Crippen molar-refractivity contribution >= 4 is 27.6 Å². The van der Waals surface area contributed by atoms with Gasteiger partial charge in [0.15, 0.2) is 11.6 Å². The van der Waals surface area contributed by atoms with E-state index < -0.39 is 61.7 Å². The number of alkyl halides is 3. The number of nitrogens with zero attached hydrogens (tertiary/aromatic N) is 3. The van der Waals surface area contributed by atoms with E-state index >= 15 is 0 Å². The van der Waals surface area contributed by atoms with E-state index in [1.165, 1.54) is 0 Å². The maximum atomic E-state index is 13.1. The third-order valence-corrected chi connectivity index (χ3v) is 4.57. The lowest BCUT2D eigenvalue weighted by Gasteiger charge is -2.40. The number of nitrogens with one attached hydrogen (secondary N) is 1. The first kappa shape index (κ1) is 23.3. The zero-order valence-electron chi connectivity index (χ0n) is 14.6. The van der Waals surface area contributed by atoms with Gasteiger partial charge in [-0.1, -0.05) is 19.4 Å². The number of hydrogen-bond donors (Lipinski definition) is 2. The molecule has 1 amide bonds. The number of amides is 1. The lowest BCUT2D eigenvalue weighted by atomic mass is 10.1. The number of aromatic nitrogens is 3. The number of carbonyl (C=O) groups excluding carboxylic acids is 2. The normalized spacial score (nSPS) is 15.3. The minimum atomic E-state index is -10.5. The number of rotatable bonds is 5. The predicted molar refractivity (Wildman–Crippen MR) is 89.1 cm³/mol. The van der Waals surface area contributed by atoms with E-state index in [4.69, 9.17) is 5.84 Å². The van der Waals surface area contributed by atoms with Crippen molar-refractivity contribution < 1.29 is 42.2 Å². The lowest BCUT2D eigenvalue weighted by Crippen LogP contribution is -2.29. The highest BCUT2D eigenvalue weighted by atomic mass is 32.5. The van der Waals surface area contributed by atoms with Gasteiger partial charge in [0.05, 0.1) is 5.56 Å². The summed E-state index contributed by atoms with van der Waals surface area (Å²) in [5.74, 6) is 2.22. The lowest BCUT2D eigenvalue weighted by molar-refractivity contribution is -0.137. The highest BCUT2D eigenvalue weighted by molar-refractivity contribution is 8.45. The highest BCUT2D eigenvalue weighted by Crippen LogP contribution is 3.02. The fraction of sp³-hybridized carbons (Fsp3) is 0.143. The second-order valence-corrected chi connectivity index (χ2v) is 8.23. The van der Waals surface area contributed by atoms with Crippen molar-refractivity contribution in [3.05, 3.63) is 36.2 Å². The molecule has 0 saturated carbocycles. The predicted octanol–water partition coefficient (Wildman–Crippen LogP) is 4.04. The molecule has 0 aliphatic carbocycles. The van der Waals surface area contributed by atoms with Gasteiger partial charge in [-0.3, -0.25) is 15.0 Å². The van der Waals surface area contributed by atoms with E-state index in [1.807, 2.05) is 0 Å². The molecule has 30 heavy (non-hydrogen) atoms. The molecule has 1 heterocycles. The summed E-state index contributed by atoms with van der Waals surface area (Å²) >= 11 is 0. The molecular formula is C14H11F8N5O2S. The molecule has 3 N–H and O–H groups in total. The van der Waals surface area contributed by atoms with Crippen LogP contribution in [0.5, 0.6) is 0 Å². The fourth-order valence-corrected chi connectivity index (χ4v) is 2.82. The van der Waals surface area contributed by atoms with Crippen LogP contribution in [0.25, 0.3) is 17.1 Å². The Morgan fingerprint density at radius 2 is 1.73 bits per heavy atom. The van der Waals surface area contributed by atoms with Gasteiger partial charge < -0.3 is 0 Å². The van der Waals surface area contributed by atoms with E-state index in [0.29, 0.717) is 17.1 Å². The van der Waals surface area contributed by atoms with Gasteiger partial charge in [0.1, 0.15) is 16.9 Å². The van der Waals surface area contributed by atoms with Gasteiger partial charge in [-0.25, -0.2) is 15.5 Å². The summed E-state index contributed by atoms with van der Waals surface area (Å²) in [6, 6.07) is -0.814. The number of allylic oxidation sites excluding steroid dienone is 1. The molecule has 16 heteroatoms. The Bertz CT molecular complexity index is 1060. The topological polar surface area (TPSA) is 103 Å². The van der Waals surface area contributed by atoms with E-state index in [0.717, 1.165) is 6.92 Å². The molecule has 0 aliphatic rings. The smallest absolute Gasteiger partial charge is 0.293 e. The second-order valence-electron chi connectivity index (χ2n) is 5.82. The van der Waals surface area contributed by atoms with E-state index in [9.17, 15) is 42.2 Å². The summed E-state index contributed by atoms with van der Waals surface area (Å²) in [6.45, 7) is 0.966. The van der Waals surface area contributed by atoms with Gasteiger partial charge in [-0.15, -0.1) is 5.10 Å². The van der Waals surface area contributed by atoms with E-state index in [2.05, 4.69) is 10.1 Å². The number of carbonyl (C=O) groups is 2. The molecular weight excluding hydrogens is 454 g/mol. The van der Waals surface area contributed by atoms with Crippen LogP contribution in [-0.4, -0.2) is 26.5 Å². The number of hydrogen-bond acceptors (Lipinski definition) is 5. The van der Waals surface area contributed by atoms with Gasteiger partial charge in [-0.05, 0) is 18.2 Å². The molecule has 0 bridgehead atoms. The zero-order chi connectivity index (χ0) is 23.2. The molecule has 0 unspecified atom stereocenters. The highest BCUT2D eigenvalue weighted by Gasteiger charge is 2.66. The first-order valence-electron chi connectivity index (χ1n) is 7.44. The van der Waals surface area contributed by atoms with Crippen LogP contribution in [0.3, 0.4) is 0 Å². The van der Waals surface area contributed by atoms with Crippen LogP contribution in [0, 0.1) is 0 Å². The Balaban J connectivity index is 2.70. The molecule has 7 nitrogen and oxygen atoms in total. The molecule has 0 fully saturated rings. The summed E-state index contributed by atoms with van der Waals surface area (Å²) in [7, 11) is -10.5. The second kappa shape index (κ2) is 6.49. The van der Waals surface area contributed by atoms with Crippen molar-refractivity contribution in [2.24, 2.45) is 5.84 Å². The first-order chi connectivity index (χ1) is 13.3. The summed E-state index contributed by atoms with van der Waals surface area (Å²) < 4.78 is 105. The first-order valence-corrected chi connectivity index (χ1v) is 9.39. The zero-order valence-corrected chi connectivity index (χ0v) is 15.4. The van der Waals surface area contributed by atoms with Crippen molar-refractivity contribution in [3.63, 3.8) is 0 Å². The van der Waals surface area contributed by atoms with Crippen molar-refractivity contribution in [2.75, 3.05) is 0 Å². The Morgan fingerprint density at radius 3 is 2.20 bits per heavy atom. The van der Waals surface area contributed by atoms with E-state index in [1.54, 1.807) is 5.43 Å². The Labute approximate surface area is 162 Å². The molecule has 0 aliphatic heterocycles. The summed E-state index contributed by atoms with van der Waals surface area (Å²) in [4.78, 5) is 23.6. The summed E-state index contributed by atoms with van der Waals surface area (Å²) in [5.41, 5.74) is -1.90. The maximum absolute atomic E-state index is 13.1. The molecule has 1 aromatic carbocycles. The average molecular weight is 465 g/mol. The largest absolute Gasteiger partial charge is 0.416 e. The van der Waals surface area contributed by atoms with Crippen molar-refractivity contribution in [3.8, 4) is 11.4 Å². The molecule has 2 aromatic rings. The number of ketones is 1. The SMILES string of the molecule is CC(=O)/C(=C/C(=O)NN)n1cnc(-c2cc(C(F)(F)F)cc(S(F)(F)(F)(F)F)c2)n1. The number of Topliss-reactive ketones (excluding diaryl/α,β-unsaturated/α-hetero) is 1. The van der Waals surface area contributed by atoms with Crippen molar-refractivity contribution in [1.82, 2.24) is 20.2 Å². The molecule has 0 atom stereocenters. The van der Waals surface area contributed by atoms with Crippen LogP contribution >= 0.6 is 10.2 Å². The molecule has 166 valence electrons. The summed E-state index contributed by atoms with van der Waals surface area (Å²) in [6.07, 6.45) is -4.07. The van der Waals surface area contributed by atoms with Gasteiger partial charge in [-0.2, -0.15) is 13.2 Å². The number of halogens is 8. The molecule has 0 radical (unpaired) electrons. The third kappa shape index (κ3) is 5.32. The van der Waals surface area contributed by atoms with Crippen LogP contribution in [0.4, 0.5) is 32.6 Å². The van der Waals surface area contributed by atoms with Crippen LogP contribution < -0.4 is 11.3 Å². The molecule has 0 saturated heterocycles. The minimum Gasteiger partial charge on any atom is -0.293 e. The number of nitrogens with two attached hydrogens (primary N) is 1. The Kier molecular flexibility index (Phi) is 5.04. The van der Waals surface area contributed by atoms with Crippen molar-refractivity contribution in [1.29, 1.82) is 0 Å². The average Bonchev–Trinajstić information content (AvgIpc) is 3.05. The monoisotopic (exact) mass is 465 g/mol. The van der Waals surface area contributed by atoms with Crippen LogP contribution in [-0.2, 0) is 15.8 Å². The summed E-state index contributed by atoms with van der Waals surface area (Å²) in [5, 5.41) is 3.51. The van der Waals surface area contributed by atoms with Crippen LogP contribution in [0.1, 0.15) is 12.5 Å². The quantitative estimate of drug-likeness (QED) is 0.228. The van der Waals surface area contributed by atoms with Gasteiger partial charge in [0.25, 0.3) is 5.91 Å². The van der Waals surface area contributed by atoms with Gasteiger partial charge in [0.2, 0.25) is 0 Å². The molecule has 2 rings (SSSR count). The maximum Gasteiger partial charge on any atom is 0.416 e. The van der Waals surface area contributed by atoms with Crippen molar-refractivity contribution in [2.45, 2.75) is 18.0 Å².